The Hall–Kier alpha value is -2.60. The van der Waals surface area contributed by atoms with Gasteiger partial charge in [-0.15, -0.1) is 0 Å². The zero-order valence-electron chi connectivity index (χ0n) is 13.5. The van der Waals surface area contributed by atoms with E-state index in [1.165, 1.54) is 6.26 Å². The molecule has 0 spiro atoms. The number of rotatable bonds is 6. The van der Waals surface area contributed by atoms with Crippen LogP contribution >= 0.6 is 0 Å². The maximum absolute atomic E-state index is 12.0. The summed E-state index contributed by atoms with van der Waals surface area (Å²) in [6, 6.07) is 8.60. The molecule has 0 aliphatic carbocycles. The fraction of sp³-hybridized carbons (Fsp3) is 0.294. The predicted molar refractivity (Wildman–Crippen MR) is 89.6 cm³/mol. The van der Waals surface area contributed by atoms with Gasteiger partial charge in [0, 0.05) is 23.8 Å². The van der Waals surface area contributed by atoms with E-state index in [1.54, 1.807) is 24.3 Å². The molecule has 0 fully saturated rings. The Morgan fingerprint density at radius 3 is 2.61 bits per heavy atom. The molecule has 6 heteroatoms. The van der Waals surface area contributed by atoms with Crippen LogP contribution in [0.2, 0.25) is 0 Å². The van der Waals surface area contributed by atoms with Gasteiger partial charge in [0.25, 0.3) is 5.91 Å². The molecule has 1 aromatic heterocycles. The third-order valence-electron chi connectivity index (χ3n) is 3.45. The largest absolute Gasteiger partial charge is 0.459 e. The quantitative estimate of drug-likeness (QED) is 0.765. The van der Waals surface area contributed by atoms with Crippen molar-refractivity contribution in [2.75, 3.05) is 24.2 Å². The maximum Gasteiger partial charge on any atom is 0.291 e. The summed E-state index contributed by atoms with van der Waals surface area (Å²) in [4.78, 5) is 24.0. The van der Waals surface area contributed by atoms with Gasteiger partial charge in [0.05, 0.1) is 6.26 Å². The first-order valence-electron chi connectivity index (χ1n) is 7.42. The van der Waals surface area contributed by atoms with Crippen LogP contribution in [-0.4, -0.2) is 25.4 Å². The fourth-order valence-electron chi connectivity index (χ4n) is 2.14. The van der Waals surface area contributed by atoms with Gasteiger partial charge < -0.3 is 20.4 Å². The highest BCUT2D eigenvalue weighted by Crippen LogP contribution is 2.21. The van der Waals surface area contributed by atoms with Crippen LogP contribution < -0.4 is 16.0 Å². The Kier molecular flexibility index (Phi) is 5.54. The normalized spacial score (nSPS) is 11.8. The summed E-state index contributed by atoms with van der Waals surface area (Å²) in [6.45, 7) is 4.34. The number of hydrogen-bond acceptors (Lipinski definition) is 4. The second-order valence-corrected chi connectivity index (χ2v) is 5.41. The van der Waals surface area contributed by atoms with Crippen LogP contribution in [0.1, 0.15) is 23.0 Å². The van der Waals surface area contributed by atoms with Crippen molar-refractivity contribution in [3.8, 4) is 0 Å². The van der Waals surface area contributed by atoms with E-state index in [0.717, 1.165) is 5.56 Å². The molecule has 0 saturated heterocycles. The summed E-state index contributed by atoms with van der Waals surface area (Å²) in [5.41, 5.74) is 2.23. The summed E-state index contributed by atoms with van der Waals surface area (Å²) in [7, 11) is 1.81. The van der Waals surface area contributed by atoms with Gasteiger partial charge in [0.1, 0.15) is 0 Å². The number of benzene rings is 1. The molecule has 6 nitrogen and oxygen atoms in total. The molecule has 0 radical (unpaired) electrons. The lowest BCUT2D eigenvalue weighted by Crippen LogP contribution is -2.28. The minimum atomic E-state index is -0.308. The zero-order chi connectivity index (χ0) is 16.8. The summed E-state index contributed by atoms with van der Waals surface area (Å²) in [5, 5.41) is 8.62. The van der Waals surface area contributed by atoms with Crippen LogP contribution in [0, 0.1) is 12.8 Å². The number of carbonyl (C=O) groups excluding carboxylic acids is 2. The third-order valence-corrected chi connectivity index (χ3v) is 3.45. The first-order valence-corrected chi connectivity index (χ1v) is 7.42. The van der Waals surface area contributed by atoms with E-state index in [4.69, 9.17) is 4.42 Å². The van der Waals surface area contributed by atoms with Crippen LogP contribution in [0.25, 0.3) is 0 Å². The minimum Gasteiger partial charge on any atom is -0.459 e. The molecule has 1 unspecified atom stereocenters. The zero-order valence-corrected chi connectivity index (χ0v) is 13.5. The van der Waals surface area contributed by atoms with Crippen LogP contribution in [-0.2, 0) is 4.79 Å². The van der Waals surface area contributed by atoms with Crippen molar-refractivity contribution >= 4 is 23.2 Å². The summed E-state index contributed by atoms with van der Waals surface area (Å²) >= 11 is 0. The van der Waals surface area contributed by atoms with Crippen molar-refractivity contribution in [2.45, 2.75) is 13.8 Å². The van der Waals surface area contributed by atoms with Crippen molar-refractivity contribution in [3.63, 3.8) is 0 Å². The summed E-state index contributed by atoms with van der Waals surface area (Å²) in [5.74, 6) is -0.232. The van der Waals surface area contributed by atoms with Crippen molar-refractivity contribution in [1.29, 1.82) is 0 Å². The van der Waals surface area contributed by atoms with Gasteiger partial charge in [-0.25, -0.2) is 0 Å². The molecular weight excluding hydrogens is 294 g/mol. The number of aryl methyl sites for hydroxylation is 1. The number of anilines is 2. The maximum atomic E-state index is 12.0. The molecule has 2 rings (SSSR count). The van der Waals surface area contributed by atoms with E-state index in [0.29, 0.717) is 17.9 Å². The van der Waals surface area contributed by atoms with Crippen molar-refractivity contribution < 1.29 is 14.0 Å². The SMILES string of the molecule is CNCC(C)C(=O)Nc1ccc(NC(=O)c2ccco2)c(C)c1. The highest BCUT2D eigenvalue weighted by Gasteiger charge is 2.13. The van der Waals surface area contributed by atoms with Crippen LogP contribution in [0.15, 0.2) is 41.0 Å². The Bertz CT molecular complexity index is 680. The molecule has 122 valence electrons. The van der Waals surface area contributed by atoms with Gasteiger partial charge in [0.15, 0.2) is 5.76 Å². The van der Waals surface area contributed by atoms with E-state index >= 15 is 0 Å². The second kappa shape index (κ2) is 7.60. The van der Waals surface area contributed by atoms with E-state index in [2.05, 4.69) is 16.0 Å². The Balaban J connectivity index is 2.03. The number of nitrogens with one attached hydrogen (secondary N) is 3. The van der Waals surface area contributed by atoms with Gasteiger partial charge >= 0.3 is 0 Å². The van der Waals surface area contributed by atoms with E-state index < -0.39 is 0 Å². The first kappa shape index (κ1) is 16.8. The molecule has 0 bridgehead atoms. The molecular formula is C17H21N3O3. The smallest absolute Gasteiger partial charge is 0.291 e. The average Bonchev–Trinajstić information content (AvgIpc) is 3.04. The van der Waals surface area contributed by atoms with Crippen molar-refractivity contribution in [1.82, 2.24) is 5.32 Å². The second-order valence-electron chi connectivity index (χ2n) is 5.41. The van der Waals surface area contributed by atoms with E-state index in [1.807, 2.05) is 27.0 Å². The van der Waals surface area contributed by atoms with Crippen LogP contribution in [0.3, 0.4) is 0 Å². The lowest BCUT2D eigenvalue weighted by Gasteiger charge is -2.13. The first-order chi connectivity index (χ1) is 11.0. The molecule has 0 aliphatic heterocycles. The van der Waals surface area contributed by atoms with Gasteiger partial charge in [-0.2, -0.15) is 0 Å². The van der Waals surface area contributed by atoms with E-state index in [9.17, 15) is 9.59 Å². The van der Waals surface area contributed by atoms with Gasteiger partial charge in [-0.3, -0.25) is 9.59 Å². The molecule has 23 heavy (non-hydrogen) atoms. The highest BCUT2D eigenvalue weighted by molar-refractivity contribution is 6.03. The molecule has 1 heterocycles. The molecule has 2 amide bonds. The van der Waals surface area contributed by atoms with Crippen molar-refractivity contribution in [3.05, 3.63) is 47.9 Å². The lowest BCUT2D eigenvalue weighted by atomic mass is 10.1. The molecule has 2 aromatic rings. The predicted octanol–water partition coefficient (Wildman–Crippen LogP) is 2.63. The molecule has 1 atom stereocenters. The van der Waals surface area contributed by atoms with Gasteiger partial charge in [-0.1, -0.05) is 6.92 Å². The highest BCUT2D eigenvalue weighted by atomic mass is 16.3. The molecule has 0 aliphatic rings. The third kappa shape index (κ3) is 4.43. The van der Waals surface area contributed by atoms with Crippen LogP contribution in [0.5, 0.6) is 0 Å². The Morgan fingerprint density at radius 2 is 2.00 bits per heavy atom. The van der Waals surface area contributed by atoms with Gasteiger partial charge in [0.2, 0.25) is 5.91 Å². The number of amides is 2. The average molecular weight is 315 g/mol. The molecule has 1 aromatic carbocycles. The molecule has 0 saturated carbocycles. The summed E-state index contributed by atoms with van der Waals surface area (Å²) in [6.07, 6.45) is 1.45. The lowest BCUT2D eigenvalue weighted by molar-refractivity contribution is -0.119. The number of hydrogen-bond donors (Lipinski definition) is 3. The fourth-order valence-corrected chi connectivity index (χ4v) is 2.14. The standard InChI is InChI=1S/C17H21N3O3/c1-11-9-13(19-16(21)12(2)10-18-3)6-7-14(11)20-17(22)15-5-4-8-23-15/h4-9,12,18H,10H2,1-3H3,(H,19,21)(H,20,22). The summed E-state index contributed by atoms with van der Waals surface area (Å²) < 4.78 is 5.06. The van der Waals surface area contributed by atoms with Gasteiger partial charge in [-0.05, 0) is 49.9 Å². The minimum absolute atomic E-state index is 0.0499. The Labute approximate surface area is 135 Å². The van der Waals surface area contributed by atoms with Crippen molar-refractivity contribution in [2.24, 2.45) is 5.92 Å². The topological polar surface area (TPSA) is 83.4 Å². The monoisotopic (exact) mass is 315 g/mol. The van der Waals surface area contributed by atoms with Crippen LogP contribution in [0.4, 0.5) is 11.4 Å². The number of carbonyl (C=O) groups is 2. The number of furan rings is 1. The molecule has 3 N–H and O–H groups in total. The Morgan fingerprint density at radius 1 is 1.22 bits per heavy atom. The van der Waals surface area contributed by atoms with E-state index in [-0.39, 0.29) is 23.5 Å².